The fraction of sp³-hybridized carbons (Fsp3) is 0.545. The molecular weight excluding hydrogens is 192 g/mol. The van der Waals surface area contributed by atoms with Gasteiger partial charge in [0.2, 0.25) is 0 Å². The predicted octanol–water partition coefficient (Wildman–Crippen LogP) is 2.93. The number of allylic oxidation sites excluding steroid dienone is 4. The van der Waals surface area contributed by atoms with Crippen LogP contribution < -0.4 is 0 Å². The van der Waals surface area contributed by atoms with E-state index >= 15 is 0 Å². The Bertz CT molecular complexity index is 229. The van der Waals surface area contributed by atoms with Crippen molar-refractivity contribution in [3.05, 3.63) is 24.3 Å². The number of hydrogen-bond acceptors (Lipinski definition) is 2. The summed E-state index contributed by atoms with van der Waals surface area (Å²) in [6, 6.07) is 0.564. The van der Waals surface area contributed by atoms with Crippen LogP contribution in [0.3, 0.4) is 0 Å². The molecule has 0 rings (SSSR count). The average molecular weight is 212 g/mol. The Labute approximate surface area is 87.8 Å². The van der Waals surface area contributed by atoms with E-state index in [1.54, 1.807) is 12.2 Å². The van der Waals surface area contributed by atoms with Gasteiger partial charge >= 0.3 is 0 Å². The van der Waals surface area contributed by atoms with E-state index in [2.05, 4.69) is 13.1 Å². The summed E-state index contributed by atoms with van der Waals surface area (Å²) in [5.41, 5.74) is 0. The van der Waals surface area contributed by atoms with Crippen LogP contribution in [0.15, 0.2) is 24.3 Å². The fourth-order valence-electron chi connectivity index (χ4n) is 1.19. The second-order valence-electron chi connectivity index (χ2n) is 3.72. The van der Waals surface area contributed by atoms with E-state index in [-0.39, 0.29) is 5.78 Å². The molecule has 0 aliphatic heterocycles. The number of carbonyl (C=O) groups is 1. The molecule has 0 heterocycles. The van der Waals surface area contributed by atoms with Gasteiger partial charge in [-0.25, -0.2) is 0 Å². The molecule has 0 aliphatic carbocycles. The molecule has 0 fully saturated rings. The lowest BCUT2D eigenvalue weighted by atomic mass is 10.3. The highest BCUT2D eigenvalue weighted by atomic mass is 28.4. The molecule has 0 atom stereocenters. The molecule has 0 radical (unpaired) electrons. The van der Waals surface area contributed by atoms with Crippen molar-refractivity contribution in [2.75, 3.05) is 6.61 Å². The van der Waals surface area contributed by atoms with Crippen LogP contribution in [0.1, 0.15) is 13.8 Å². The van der Waals surface area contributed by atoms with Crippen LogP contribution in [0.5, 0.6) is 0 Å². The molecule has 14 heavy (non-hydrogen) atoms. The Morgan fingerprint density at radius 1 is 1.36 bits per heavy atom. The number of hydrogen-bond donors (Lipinski definition) is 0. The van der Waals surface area contributed by atoms with E-state index in [0.29, 0.717) is 12.7 Å². The van der Waals surface area contributed by atoms with Gasteiger partial charge in [0, 0.05) is 12.7 Å². The number of carbonyl (C=O) groups excluding carboxylic acids is 1. The third-order valence-electron chi connectivity index (χ3n) is 1.72. The van der Waals surface area contributed by atoms with E-state index in [9.17, 15) is 4.79 Å². The molecule has 0 spiro atoms. The van der Waals surface area contributed by atoms with Crippen molar-refractivity contribution in [1.29, 1.82) is 0 Å². The van der Waals surface area contributed by atoms with Gasteiger partial charge in [-0.3, -0.25) is 4.79 Å². The van der Waals surface area contributed by atoms with Crippen LogP contribution >= 0.6 is 0 Å². The van der Waals surface area contributed by atoms with Gasteiger partial charge in [-0.15, -0.1) is 0 Å². The van der Waals surface area contributed by atoms with Crippen molar-refractivity contribution < 1.29 is 9.22 Å². The number of ketones is 1. The van der Waals surface area contributed by atoms with Gasteiger partial charge in [0.05, 0.1) is 0 Å². The quantitative estimate of drug-likeness (QED) is 0.384. The summed E-state index contributed by atoms with van der Waals surface area (Å²) >= 11 is 0. The SMILES string of the molecule is C/C=C/C=C/C(=O)C[Si](C)(C)OCC. The van der Waals surface area contributed by atoms with E-state index in [1.165, 1.54) is 0 Å². The minimum absolute atomic E-state index is 0.160. The van der Waals surface area contributed by atoms with Crippen LogP contribution in [0.25, 0.3) is 0 Å². The highest BCUT2D eigenvalue weighted by molar-refractivity contribution is 6.74. The lowest BCUT2D eigenvalue weighted by Gasteiger charge is -2.19. The van der Waals surface area contributed by atoms with E-state index in [1.807, 2.05) is 26.0 Å². The molecule has 0 aromatic carbocycles. The molecule has 0 unspecified atom stereocenters. The van der Waals surface area contributed by atoms with Gasteiger partial charge in [0.1, 0.15) is 0 Å². The van der Waals surface area contributed by atoms with Gasteiger partial charge in [-0.05, 0) is 33.0 Å². The predicted molar refractivity (Wildman–Crippen MR) is 62.9 cm³/mol. The smallest absolute Gasteiger partial charge is 0.194 e. The van der Waals surface area contributed by atoms with Gasteiger partial charge in [-0.2, -0.15) is 0 Å². The fourth-order valence-corrected chi connectivity index (χ4v) is 3.03. The summed E-state index contributed by atoms with van der Waals surface area (Å²) in [5, 5.41) is 0. The van der Waals surface area contributed by atoms with Gasteiger partial charge in [-0.1, -0.05) is 18.2 Å². The van der Waals surface area contributed by atoms with Crippen LogP contribution in [0.4, 0.5) is 0 Å². The minimum atomic E-state index is -1.75. The highest BCUT2D eigenvalue weighted by Gasteiger charge is 2.24. The summed E-state index contributed by atoms with van der Waals surface area (Å²) in [5.74, 6) is 0.160. The first-order valence-corrected chi connectivity index (χ1v) is 8.09. The maximum atomic E-state index is 11.4. The first kappa shape index (κ1) is 13.3. The molecule has 3 heteroatoms. The van der Waals surface area contributed by atoms with Crippen molar-refractivity contribution in [3.8, 4) is 0 Å². The normalized spacial score (nSPS) is 12.9. The summed E-state index contributed by atoms with van der Waals surface area (Å²) in [4.78, 5) is 11.4. The maximum absolute atomic E-state index is 11.4. The van der Waals surface area contributed by atoms with Crippen molar-refractivity contribution in [2.45, 2.75) is 33.0 Å². The van der Waals surface area contributed by atoms with E-state index in [4.69, 9.17) is 4.43 Å². The van der Waals surface area contributed by atoms with Gasteiger partial charge in [0.25, 0.3) is 0 Å². The zero-order chi connectivity index (χ0) is 11.0. The lowest BCUT2D eigenvalue weighted by Crippen LogP contribution is -2.32. The van der Waals surface area contributed by atoms with Crippen LogP contribution in [-0.2, 0) is 9.22 Å². The summed E-state index contributed by atoms with van der Waals surface area (Å²) in [7, 11) is -1.75. The minimum Gasteiger partial charge on any atom is -0.417 e. The van der Waals surface area contributed by atoms with Crippen LogP contribution in [0.2, 0.25) is 19.1 Å². The molecule has 0 aromatic rings. The molecule has 0 aromatic heterocycles. The number of rotatable bonds is 6. The Hall–Kier alpha value is -0.673. The second-order valence-corrected chi connectivity index (χ2v) is 7.88. The monoisotopic (exact) mass is 212 g/mol. The molecule has 2 nitrogen and oxygen atoms in total. The van der Waals surface area contributed by atoms with Gasteiger partial charge < -0.3 is 4.43 Å². The standard InChI is InChI=1S/C11H20O2Si/c1-5-7-8-9-11(12)10-14(3,4)13-6-2/h5,7-9H,6,10H2,1-4H3/b7-5+,9-8+. The van der Waals surface area contributed by atoms with Crippen molar-refractivity contribution >= 4 is 14.1 Å². The first-order valence-electron chi connectivity index (χ1n) is 4.98. The third kappa shape index (κ3) is 6.80. The van der Waals surface area contributed by atoms with E-state index < -0.39 is 8.32 Å². The Morgan fingerprint density at radius 2 is 2.00 bits per heavy atom. The highest BCUT2D eigenvalue weighted by Crippen LogP contribution is 2.11. The molecule has 0 bridgehead atoms. The molecule has 80 valence electrons. The molecule has 0 saturated carbocycles. The van der Waals surface area contributed by atoms with Crippen molar-refractivity contribution in [2.24, 2.45) is 0 Å². The molecule has 0 saturated heterocycles. The zero-order valence-electron chi connectivity index (χ0n) is 9.54. The topological polar surface area (TPSA) is 26.3 Å². The molecule has 0 aliphatic rings. The molecule has 0 amide bonds. The molecule has 0 N–H and O–H groups in total. The summed E-state index contributed by atoms with van der Waals surface area (Å²) in [6.07, 6.45) is 7.15. The Kier molecular flexibility index (Phi) is 6.41. The van der Waals surface area contributed by atoms with Crippen molar-refractivity contribution in [3.63, 3.8) is 0 Å². The zero-order valence-corrected chi connectivity index (χ0v) is 10.5. The van der Waals surface area contributed by atoms with Crippen molar-refractivity contribution in [1.82, 2.24) is 0 Å². The maximum Gasteiger partial charge on any atom is 0.194 e. The lowest BCUT2D eigenvalue weighted by molar-refractivity contribution is -0.112. The first-order chi connectivity index (χ1) is 6.52. The Morgan fingerprint density at radius 3 is 2.50 bits per heavy atom. The van der Waals surface area contributed by atoms with Gasteiger partial charge in [0.15, 0.2) is 14.1 Å². The van der Waals surface area contributed by atoms with Crippen LogP contribution in [-0.4, -0.2) is 20.7 Å². The largest absolute Gasteiger partial charge is 0.417 e. The molecular formula is C11H20O2Si. The summed E-state index contributed by atoms with van der Waals surface area (Å²) < 4.78 is 5.57. The second kappa shape index (κ2) is 6.73. The third-order valence-corrected chi connectivity index (χ3v) is 3.99. The van der Waals surface area contributed by atoms with Crippen LogP contribution in [0, 0.1) is 0 Å². The summed E-state index contributed by atoms with van der Waals surface area (Å²) in [6.45, 7) is 8.73. The van der Waals surface area contributed by atoms with E-state index in [0.717, 1.165) is 0 Å². The Balaban J connectivity index is 4.04. The average Bonchev–Trinajstić information content (AvgIpc) is 2.03.